The van der Waals surface area contributed by atoms with Gasteiger partial charge in [-0.15, -0.1) is 0 Å². The van der Waals surface area contributed by atoms with Gasteiger partial charge in [0.1, 0.15) is 6.04 Å². The summed E-state index contributed by atoms with van der Waals surface area (Å²) in [5, 5.41) is 3.22. The van der Waals surface area contributed by atoms with E-state index in [1.807, 2.05) is 18.2 Å². The fourth-order valence-corrected chi connectivity index (χ4v) is 5.20. The number of ether oxygens (including phenoxy) is 4. The smallest absolute Gasteiger partial charge is 0.290 e. The highest BCUT2D eigenvalue weighted by Gasteiger charge is 2.35. The molecule has 214 valence electrons. The van der Waals surface area contributed by atoms with Gasteiger partial charge in [-0.2, -0.15) is 0 Å². The first-order chi connectivity index (χ1) is 19.5. The van der Waals surface area contributed by atoms with E-state index in [9.17, 15) is 9.59 Å². The molecule has 1 atom stereocenters. The van der Waals surface area contributed by atoms with Crippen LogP contribution in [-0.2, 0) is 11.2 Å². The monoisotopic (exact) mass is 550 g/mol. The Hall–Kier alpha value is -4.14. The topological polar surface area (TPSA) is 99.5 Å². The molecule has 1 heterocycles. The number of furan rings is 1. The lowest BCUT2D eigenvalue weighted by atomic mass is 9.94. The lowest BCUT2D eigenvalue weighted by molar-refractivity contribution is -0.126. The van der Waals surface area contributed by atoms with E-state index in [1.165, 1.54) is 12.7 Å². The number of nitrogens with one attached hydrogen (secondary N) is 1. The van der Waals surface area contributed by atoms with Crippen LogP contribution in [0.15, 0.2) is 59.2 Å². The second kappa shape index (κ2) is 13.8. The number of carbonyl (C=O) groups excluding carboxylic acids is 2. The van der Waals surface area contributed by atoms with Crippen LogP contribution in [0, 0.1) is 0 Å². The number of methoxy groups -OCH3 is 4. The number of hydrogen-bond donors (Lipinski definition) is 1. The van der Waals surface area contributed by atoms with E-state index in [-0.39, 0.29) is 30.2 Å². The van der Waals surface area contributed by atoms with Crippen LogP contribution in [0.1, 0.15) is 59.8 Å². The Kier molecular flexibility index (Phi) is 9.94. The highest BCUT2D eigenvalue weighted by atomic mass is 16.5. The fraction of sp³-hybridized carbons (Fsp3) is 0.419. The van der Waals surface area contributed by atoms with Gasteiger partial charge in [-0.3, -0.25) is 9.59 Å². The van der Waals surface area contributed by atoms with Crippen LogP contribution in [0.4, 0.5) is 0 Å². The Morgan fingerprint density at radius 1 is 0.875 bits per heavy atom. The van der Waals surface area contributed by atoms with Crippen molar-refractivity contribution in [2.24, 2.45) is 0 Å². The Bertz CT molecular complexity index is 1270. The number of hydrogen-bond acceptors (Lipinski definition) is 7. The zero-order chi connectivity index (χ0) is 28.5. The number of amides is 2. The summed E-state index contributed by atoms with van der Waals surface area (Å²) in [5.74, 6) is 1.74. The molecule has 1 saturated carbocycles. The predicted octanol–water partition coefficient (Wildman–Crippen LogP) is 5.19. The SMILES string of the molecule is COc1ccc(CCN(C(=O)c2ccco2)C(C(=O)NC2CCCCC2)c2ccc(OC)c(OC)c2)cc1OC. The second-order valence-electron chi connectivity index (χ2n) is 9.78. The molecule has 1 N–H and O–H groups in total. The minimum atomic E-state index is -0.931. The van der Waals surface area contributed by atoms with Crippen LogP contribution in [0.5, 0.6) is 23.0 Å². The predicted molar refractivity (Wildman–Crippen MR) is 150 cm³/mol. The van der Waals surface area contributed by atoms with Crippen LogP contribution in [0.25, 0.3) is 0 Å². The number of benzene rings is 2. The van der Waals surface area contributed by atoms with Crippen LogP contribution in [0.3, 0.4) is 0 Å². The first kappa shape index (κ1) is 28.9. The highest BCUT2D eigenvalue weighted by Crippen LogP contribution is 2.34. The maximum Gasteiger partial charge on any atom is 0.290 e. The van der Waals surface area contributed by atoms with Gasteiger partial charge in [-0.1, -0.05) is 31.4 Å². The van der Waals surface area contributed by atoms with E-state index >= 15 is 0 Å². The van der Waals surface area contributed by atoms with E-state index in [2.05, 4.69) is 5.32 Å². The maximum atomic E-state index is 14.0. The van der Waals surface area contributed by atoms with Crippen molar-refractivity contribution in [3.8, 4) is 23.0 Å². The van der Waals surface area contributed by atoms with Crippen LogP contribution >= 0.6 is 0 Å². The molecule has 1 aliphatic rings. The Labute approximate surface area is 235 Å². The largest absolute Gasteiger partial charge is 0.493 e. The van der Waals surface area contributed by atoms with Gasteiger partial charge in [0.15, 0.2) is 28.8 Å². The molecule has 9 heteroatoms. The van der Waals surface area contributed by atoms with Gasteiger partial charge in [-0.25, -0.2) is 0 Å². The average molecular weight is 551 g/mol. The van der Waals surface area contributed by atoms with Crippen molar-refractivity contribution in [3.05, 3.63) is 71.7 Å². The molecular formula is C31H38N2O7. The van der Waals surface area contributed by atoms with Crippen molar-refractivity contribution < 1.29 is 33.0 Å². The number of rotatable bonds is 12. The molecule has 0 radical (unpaired) electrons. The zero-order valence-corrected chi connectivity index (χ0v) is 23.6. The van der Waals surface area contributed by atoms with Gasteiger partial charge < -0.3 is 33.6 Å². The quantitative estimate of drug-likeness (QED) is 0.331. The van der Waals surface area contributed by atoms with Gasteiger partial charge in [0.05, 0.1) is 34.7 Å². The number of carbonyl (C=O) groups is 2. The molecule has 0 bridgehead atoms. The minimum absolute atomic E-state index is 0.0651. The number of nitrogens with zero attached hydrogens (tertiary/aromatic N) is 1. The van der Waals surface area contributed by atoms with E-state index in [1.54, 1.807) is 63.7 Å². The third-order valence-electron chi connectivity index (χ3n) is 7.32. The summed E-state index contributed by atoms with van der Waals surface area (Å²) in [7, 11) is 6.26. The summed E-state index contributed by atoms with van der Waals surface area (Å²) in [5.41, 5.74) is 1.53. The summed E-state index contributed by atoms with van der Waals surface area (Å²) < 4.78 is 27.3. The molecule has 1 aromatic heterocycles. The third kappa shape index (κ3) is 6.70. The summed E-state index contributed by atoms with van der Waals surface area (Å²) in [6.45, 7) is 0.242. The molecule has 1 fully saturated rings. The van der Waals surface area contributed by atoms with Crippen molar-refractivity contribution >= 4 is 11.8 Å². The normalized spacial score (nSPS) is 14.2. The Balaban J connectivity index is 1.73. The first-order valence-corrected chi connectivity index (χ1v) is 13.6. The summed E-state index contributed by atoms with van der Waals surface area (Å²) in [4.78, 5) is 29.5. The molecule has 0 aliphatic heterocycles. The highest BCUT2D eigenvalue weighted by molar-refractivity contribution is 5.96. The molecule has 1 unspecified atom stereocenters. The molecule has 4 rings (SSSR count). The van der Waals surface area contributed by atoms with Crippen LogP contribution < -0.4 is 24.3 Å². The standard InChI is InChI=1S/C31H38N2O7/c1-36-24-14-12-21(19-27(24)38-3)16-17-33(31(35)26-11-8-18-40-26)29(30(34)32-23-9-6-5-7-10-23)22-13-15-25(37-2)28(20-22)39-4/h8,11-15,18-20,23,29H,5-7,9-10,16-17H2,1-4H3,(H,32,34). The van der Waals surface area contributed by atoms with Crippen molar-refractivity contribution in [1.82, 2.24) is 10.2 Å². The first-order valence-electron chi connectivity index (χ1n) is 13.6. The van der Waals surface area contributed by atoms with Crippen LogP contribution in [0.2, 0.25) is 0 Å². The Morgan fingerprint density at radius 2 is 1.52 bits per heavy atom. The van der Waals surface area contributed by atoms with Gasteiger partial charge >= 0.3 is 0 Å². The van der Waals surface area contributed by atoms with Crippen molar-refractivity contribution in [2.45, 2.75) is 50.6 Å². The minimum Gasteiger partial charge on any atom is -0.493 e. The summed E-state index contributed by atoms with van der Waals surface area (Å²) >= 11 is 0. The summed E-state index contributed by atoms with van der Waals surface area (Å²) in [6, 6.07) is 13.3. The van der Waals surface area contributed by atoms with Crippen molar-refractivity contribution in [2.75, 3.05) is 35.0 Å². The molecule has 0 saturated heterocycles. The molecular weight excluding hydrogens is 512 g/mol. The van der Waals surface area contributed by atoms with Gasteiger partial charge in [-0.05, 0) is 66.8 Å². The van der Waals surface area contributed by atoms with E-state index in [0.717, 1.165) is 31.2 Å². The van der Waals surface area contributed by atoms with E-state index in [4.69, 9.17) is 23.4 Å². The van der Waals surface area contributed by atoms with Crippen molar-refractivity contribution in [3.63, 3.8) is 0 Å². The summed E-state index contributed by atoms with van der Waals surface area (Å²) in [6.07, 6.45) is 7.06. The van der Waals surface area contributed by atoms with E-state index < -0.39 is 6.04 Å². The third-order valence-corrected chi connectivity index (χ3v) is 7.32. The maximum absolute atomic E-state index is 14.0. The Morgan fingerprint density at radius 3 is 2.15 bits per heavy atom. The second-order valence-corrected chi connectivity index (χ2v) is 9.78. The van der Waals surface area contributed by atoms with Gasteiger partial charge in [0.2, 0.25) is 5.91 Å². The fourth-order valence-electron chi connectivity index (χ4n) is 5.20. The van der Waals surface area contributed by atoms with Crippen molar-refractivity contribution in [1.29, 1.82) is 0 Å². The molecule has 3 aromatic rings. The molecule has 9 nitrogen and oxygen atoms in total. The lowest BCUT2D eigenvalue weighted by Gasteiger charge is -2.33. The molecule has 0 spiro atoms. The van der Waals surface area contributed by atoms with Crippen LogP contribution in [-0.4, -0.2) is 57.7 Å². The van der Waals surface area contributed by atoms with Gasteiger partial charge in [0, 0.05) is 12.6 Å². The van der Waals surface area contributed by atoms with E-state index in [0.29, 0.717) is 35.0 Å². The zero-order valence-electron chi connectivity index (χ0n) is 23.6. The molecule has 1 aliphatic carbocycles. The molecule has 40 heavy (non-hydrogen) atoms. The molecule has 2 aromatic carbocycles. The average Bonchev–Trinajstić information content (AvgIpc) is 3.54. The molecule has 2 amide bonds. The van der Waals surface area contributed by atoms with Gasteiger partial charge in [0.25, 0.3) is 5.91 Å². The lowest BCUT2D eigenvalue weighted by Crippen LogP contribution is -2.47.